The van der Waals surface area contributed by atoms with Crippen LogP contribution in [0.2, 0.25) is 0 Å². The Morgan fingerprint density at radius 3 is 2.52 bits per heavy atom. The van der Waals surface area contributed by atoms with Gasteiger partial charge in [-0.3, -0.25) is 4.79 Å². The van der Waals surface area contributed by atoms with E-state index in [4.69, 9.17) is 15.7 Å². The molecule has 5 nitrogen and oxygen atoms in total. The molecule has 21 heavy (non-hydrogen) atoms. The fourth-order valence-corrected chi connectivity index (χ4v) is 1.75. The molecule has 0 heterocycles. The van der Waals surface area contributed by atoms with Crippen molar-refractivity contribution in [1.82, 2.24) is 0 Å². The van der Waals surface area contributed by atoms with Crippen molar-refractivity contribution in [2.45, 2.75) is 0 Å². The zero-order valence-corrected chi connectivity index (χ0v) is 11.6. The highest BCUT2D eigenvalue weighted by Gasteiger charge is 2.12. The molecule has 0 saturated carbocycles. The first-order valence-corrected chi connectivity index (χ1v) is 6.36. The molecule has 106 valence electrons. The fourth-order valence-electron chi connectivity index (χ4n) is 1.75. The number of nitrogens with two attached hydrogens (primary N) is 1. The van der Waals surface area contributed by atoms with Crippen molar-refractivity contribution in [3.05, 3.63) is 54.1 Å². The number of para-hydroxylation sites is 2. The summed E-state index contributed by atoms with van der Waals surface area (Å²) < 4.78 is 5.42. The number of carbonyl (C=O) groups is 1. The van der Waals surface area contributed by atoms with Crippen LogP contribution in [0.1, 0.15) is 5.56 Å². The lowest BCUT2D eigenvalue weighted by Gasteiger charge is -2.18. The summed E-state index contributed by atoms with van der Waals surface area (Å²) in [5.41, 5.74) is 7.48. The highest BCUT2D eigenvalue weighted by atomic mass is 16.5. The summed E-state index contributed by atoms with van der Waals surface area (Å²) in [6.45, 7) is -0.106. The molecule has 2 rings (SSSR count). The van der Waals surface area contributed by atoms with Gasteiger partial charge in [-0.2, -0.15) is 5.26 Å². The Hall–Kier alpha value is -3.00. The van der Waals surface area contributed by atoms with E-state index >= 15 is 0 Å². The third-order valence-corrected chi connectivity index (χ3v) is 3.03. The van der Waals surface area contributed by atoms with Crippen LogP contribution < -0.4 is 15.4 Å². The summed E-state index contributed by atoms with van der Waals surface area (Å²) >= 11 is 0. The van der Waals surface area contributed by atoms with Gasteiger partial charge in [0.1, 0.15) is 5.75 Å². The van der Waals surface area contributed by atoms with Gasteiger partial charge in [0, 0.05) is 12.7 Å². The zero-order valence-electron chi connectivity index (χ0n) is 11.6. The highest BCUT2D eigenvalue weighted by molar-refractivity contribution is 5.94. The monoisotopic (exact) mass is 281 g/mol. The van der Waals surface area contributed by atoms with Crippen LogP contribution in [0.3, 0.4) is 0 Å². The lowest BCUT2D eigenvalue weighted by atomic mass is 10.2. The molecule has 0 aliphatic rings. The number of nitriles is 1. The van der Waals surface area contributed by atoms with Crippen LogP contribution in [-0.4, -0.2) is 19.6 Å². The van der Waals surface area contributed by atoms with E-state index in [2.05, 4.69) is 0 Å². The van der Waals surface area contributed by atoms with Gasteiger partial charge in [-0.05, 0) is 36.4 Å². The van der Waals surface area contributed by atoms with Crippen molar-refractivity contribution in [3.63, 3.8) is 0 Å². The Kier molecular flexibility index (Phi) is 4.42. The van der Waals surface area contributed by atoms with Gasteiger partial charge >= 0.3 is 0 Å². The lowest BCUT2D eigenvalue weighted by molar-refractivity contribution is -0.120. The predicted molar refractivity (Wildman–Crippen MR) is 80.9 cm³/mol. The number of carbonyl (C=O) groups excluding carboxylic acids is 1. The van der Waals surface area contributed by atoms with Gasteiger partial charge in [0.05, 0.1) is 17.3 Å². The van der Waals surface area contributed by atoms with Crippen molar-refractivity contribution in [1.29, 1.82) is 5.26 Å². The third kappa shape index (κ3) is 3.51. The standard InChI is InChI=1S/C16H15N3O2/c1-19(13-8-6-12(10-17)7-9-13)16(20)11-21-15-5-3-2-4-14(15)18/h2-9H,11,18H2,1H3. The van der Waals surface area contributed by atoms with Crippen molar-refractivity contribution < 1.29 is 9.53 Å². The van der Waals surface area contributed by atoms with Crippen LogP contribution in [0, 0.1) is 11.3 Å². The van der Waals surface area contributed by atoms with Crippen molar-refractivity contribution in [2.24, 2.45) is 0 Å². The molecule has 0 saturated heterocycles. The quantitative estimate of drug-likeness (QED) is 0.871. The summed E-state index contributed by atoms with van der Waals surface area (Å²) in [6, 6.07) is 15.8. The van der Waals surface area contributed by atoms with Crippen LogP contribution in [0.25, 0.3) is 0 Å². The van der Waals surface area contributed by atoms with E-state index in [0.29, 0.717) is 22.7 Å². The number of hydrogen-bond acceptors (Lipinski definition) is 4. The first-order chi connectivity index (χ1) is 10.1. The molecule has 0 aliphatic carbocycles. The Labute approximate surface area is 123 Å². The van der Waals surface area contributed by atoms with Crippen LogP contribution >= 0.6 is 0 Å². The molecule has 2 N–H and O–H groups in total. The summed E-state index contributed by atoms with van der Waals surface area (Å²) in [5.74, 6) is 0.280. The average Bonchev–Trinajstić information content (AvgIpc) is 2.53. The van der Waals surface area contributed by atoms with E-state index in [-0.39, 0.29) is 12.5 Å². The number of ether oxygens (including phenoxy) is 1. The predicted octanol–water partition coefficient (Wildman–Crippen LogP) is 2.18. The number of amides is 1. The van der Waals surface area contributed by atoms with E-state index in [9.17, 15) is 4.79 Å². The third-order valence-electron chi connectivity index (χ3n) is 3.03. The molecular formula is C16H15N3O2. The molecule has 2 aromatic rings. The SMILES string of the molecule is CN(C(=O)COc1ccccc1N)c1ccc(C#N)cc1. The minimum Gasteiger partial charge on any atom is -0.482 e. The number of rotatable bonds is 4. The number of anilines is 2. The maximum atomic E-state index is 12.1. The Balaban J connectivity index is 1.99. The molecule has 5 heteroatoms. The first-order valence-electron chi connectivity index (χ1n) is 6.36. The molecule has 1 amide bonds. The average molecular weight is 281 g/mol. The van der Waals surface area contributed by atoms with Crippen LogP contribution in [-0.2, 0) is 4.79 Å². The number of hydrogen-bond donors (Lipinski definition) is 1. The summed E-state index contributed by atoms with van der Waals surface area (Å²) in [5, 5.41) is 8.75. The number of nitrogens with zero attached hydrogens (tertiary/aromatic N) is 2. The summed E-state index contributed by atoms with van der Waals surface area (Å²) in [6.07, 6.45) is 0. The second-order valence-corrected chi connectivity index (χ2v) is 4.44. The van der Waals surface area contributed by atoms with Crippen molar-refractivity contribution in [3.8, 4) is 11.8 Å². The second-order valence-electron chi connectivity index (χ2n) is 4.44. The number of benzene rings is 2. The lowest BCUT2D eigenvalue weighted by Crippen LogP contribution is -2.31. The number of likely N-dealkylation sites (N-methyl/N-ethyl adjacent to an activating group) is 1. The van der Waals surface area contributed by atoms with Gasteiger partial charge in [0.15, 0.2) is 6.61 Å². The maximum absolute atomic E-state index is 12.1. The highest BCUT2D eigenvalue weighted by Crippen LogP contribution is 2.20. The number of nitrogen functional groups attached to an aromatic ring is 1. The van der Waals surface area contributed by atoms with E-state index in [1.807, 2.05) is 6.07 Å². The van der Waals surface area contributed by atoms with Gasteiger partial charge in [0.25, 0.3) is 5.91 Å². The molecule has 0 fully saturated rings. The molecule has 2 aromatic carbocycles. The van der Waals surface area contributed by atoms with E-state index < -0.39 is 0 Å². The minimum absolute atomic E-state index is 0.106. The molecule has 0 unspecified atom stereocenters. The maximum Gasteiger partial charge on any atom is 0.264 e. The van der Waals surface area contributed by atoms with Gasteiger partial charge in [-0.15, -0.1) is 0 Å². The van der Waals surface area contributed by atoms with E-state index in [1.165, 1.54) is 4.90 Å². The first kappa shape index (κ1) is 14.4. The van der Waals surface area contributed by atoms with Gasteiger partial charge < -0.3 is 15.4 Å². The van der Waals surface area contributed by atoms with Crippen LogP contribution in [0.4, 0.5) is 11.4 Å². The van der Waals surface area contributed by atoms with E-state index in [0.717, 1.165) is 0 Å². The molecule has 0 aromatic heterocycles. The zero-order chi connectivity index (χ0) is 15.2. The summed E-state index contributed by atoms with van der Waals surface area (Å²) in [4.78, 5) is 13.6. The topological polar surface area (TPSA) is 79.3 Å². The minimum atomic E-state index is -0.206. The fraction of sp³-hybridized carbons (Fsp3) is 0.125. The summed E-state index contributed by atoms with van der Waals surface area (Å²) in [7, 11) is 1.65. The van der Waals surface area contributed by atoms with Crippen molar-refractivity contribution in [2.75, 3.05) is 24.3 Å². The Morgan fingerprint density at radius 2 is 1.90 bits per heavy atom. The molecule has 0 atom stereocenters. The van der Waals surface area contributed by atoms with Gasteiger partial charge in [-0.25, -0.2) is 0 Å². The van der Waals surface area contributed by atoms with Crippen LogP contribution in [0.5, 0.6) is 5.75 Å². The van der Waals surface area contributed by atoms with E-state index in [1.54, 1.807) is 55.6 Å². The Bertz CT molecular complexity index is 675. The molecular weight excluding hydrogens is 266 g/mol. The molecule has 0 aliphatic heterocycles. The normalized spacial score (nSPS) is 9.71. The Morgan fingerprint density at radius 1 is 1.24 bits per heavy atom. The smallest absolute Gasteiger partial charge is 0.264 e. The molecule has 0 bridgehead atoms. The second kappa shape index (κ2) is 6.44. The largest absolute Gasteiger partial charge is 0.482 e. The van der Waals surface area contributed by atoms with Crippen molar-refractivity contribution >= 4 is 17.3 Å². The molecule has 0 spiro atoms. The molecule has 0 radical (unpaired) electrons. The van der Waals surface area contributed by atoms with Crippen LogP contribution in [0.15, 0.2) is 48.5 Å². The van der Waals surface area contributed by atoms with Gasteiger partial charge in [0.2, 0.25) is 0 Å². The van der Waals surface area contributed by atoms with Gasteiger partial charge in [-0.1, -0.05) is 12.1 Å².